The summed E-state index contributed by atoms with van der Waals surface area (Å²) in [6.07, 6.45) is 4.01. The van der Waals surface area contributed by atoms with Crippen molar-refractivity contribution in [2.24, 2.45) is 5.92 Å². The van der Waals surface area contributed by atoms with Gasteiger partial charge in [-0.1, -0.05) is 0 Å². The Morgan fingerprint density at radius 3 is 2.44 bits per heavy atom. The third-order valence-corrected chi connectivity index (χ3v) is 5.33. The number of nitrogens with zero attached hydrogens (tertiary/aromatic N) is 3. The van der Waals surface area contributed by atoms with Crippen LogP contribution >= 0.6 is 0 Å². The number of hydrogen-bond acceptors (Lipinski definition) is 4. The van der Waals surface area contributed by atoms with Crippen molar-refractivity contribution >= 4 is 11.8 Å². The summed E-state index contributed by atoms with van der Waals surface area (Å²) in [7, 11) is 1.81. The van der Waals surface area contributed by atoms with Gasteiger partial charge in [-0.3, -0.25) is 14.5 Å². The minimum atomic E-state index is 0.0957. The van der Waals surface area contributed by atoms with Crippen molar-refractivity contribution in [3.63, 3.8) is 0 Å². The average Bonchev–Trinajstić information content (AvgIpc) is 3.27. The fourth-order valence-corrected chi connectivity index (χ4v) is 3.74. The lowest BCUT2D eigenvalue weighted by Crippen LogP contribution is -2.45. The molecule has 0 N–H and O–H groups in total. The first-order valence-corrected chi connectivity index (χ1v) is 9.33. The Bertz CT molecular complexity index is 599. The second kappa shape index (κ2) is 8.04. The quantitative estimate of drug-likeness (QED) is 0.816. The fraction of sp³-hybridized carbons (Fsp3) is 0.684. The molecule has 0 radical (unpaired) electrons. The molecular formula is C19H29N3O3. The van der Waals surface area contributed by atoms with Crippen molar-refractivity contribution in [1.82, 2.24) is 14.7 Å². The predicted octanol–water partition coefficient (Wildman–Crippen LogP) is 1.88. The topological polar surface area (TPSA) is 57.0 Å². The average molecular weight is 347 g/mol. The molecule has 1 aromatic rings. The molecule has 25 heavy (non-hydrogen) atoms. The van der Waals surface area contributed by atoms with Gasteiger partial charge in [-0.2, -0.15) is 0 Å². The number of furan rings is 1. The number of carbonyl (C=O) groups excluding carboxylic acids is 2. The summed E-state index contributed by atoms with van der Waals surface area (Å²) in [4.78, 5) is 30.8. The lowest BCUT2D eigenvalue weighted by molar-refractivity contribution is -0.136. The van der Waals surface area contributed by atoms with Crippen molar-refractivity contribution in [2.75, 3.05) is 39.8 Å². The molecule has 2 fully saturated rings. The van der Waals surface area contributed by atoms with Crippen molar-refractivity contribution in [2.45, 2.75) is 39.2 Å². The van der Waals surface area contributed by atoms with E-state index in [1.165, 1.54) is 0 Å². The number of likely N-dealkylation sites (N-methyl/N-ethyl adjacent to an activating group) is 1. The van der Waals surface area contributed by atoms with Gasteiger partial charge in [0.2, 0.25) is 11.8 Å². The molecule has 0 spiro atoms. The number of piperidine rings is 1. The molecule has 0 atom stereocenters. The van der Waals surface area contributed by atoms with Gasteiger partial charge in [0.1, 0.15) is 11.5 Å². The summed E-state index contributed by atoms with van der Waals surface area (Å²) >= 11 is 0. The molecule has 6 heteroatoms. The van der Waals surface area contributed by atoms with Crippen LogP contribution < -0.4 is 0 Å². The Morgan fingerprint density at radius 2 is 1.84 bits per heavy atom. The first-order chi connectivity index (χ1) is 12.0. The van der Waals surface area contributed by atoms with Gasteiger partial charge < -0.3 is 14.2 Å². The second-order valence-corrected chi connectivity index (χ2v) is 7.34. The highest BCUT2D eigenvalue weighted by Crippen LogP contribution is 2.22. The third kappa shape index (κ3) is 4.63. The summed E-state index contributed by atoms with van der Waals surface area (Å²) in [6, 6.07) is 3.82. The number of rotatable bonds is 5. The molecule has 2 aliphatic heterocycles. The largest absolute Gasteiger partial charge is 0.464 e. The fourth-order valence-electron chi connectivity index (χ4n) is 3.74. The zero-order valence-corrected chi connectivity index (χ0v) is 15.4. The highest BCUT2D eigenvalue weighted by Gasteiger charge is 2.30. The molecule has 0 aromatic carbocycles. The lowest BCUT2D eigenvalue weighted by Gasteiger charge is -2.33. The van der Waals surface area contributed by atoms with Gasteiger partial charge in [0.15, 0.2) is 0 Å². The van der Waals surface area contributed by atoms with Crippen molar-refractivity contribution in [3.05, 3.63) is 23.7 Å². The van der Waals surface area contributed by atoms with Crippen LogP contribution in [-0.2, 0) is 16.1 Å². The summed E-state index contributed by atoms with van der Waals surface area (Å²) in [5.41, 5.74) is 0. The third-order valence-electron chi connectivity index (χ3n) is 5.33. The Kier molecular flexibility index (Phi) is 5.78. The van der Waals surface area contributed by atoms with Gasteiger partial charge in [0.05, 0.1) is 13.1 Å². The molecule has 0 unspecified atom stereocenters. The van der Waals surface area contributed by atoms with E-state index < -0.39 is 0 Å². The Labute approximate surface area is 149 Å². The van der Waals surface area contributed by atoms with Gasteiger partial charge in [-0.05, 0) is 57.8 Å². The predicted molar refractivity (Wildman–Crippen MR) is 94.9 cm³/mol. The van der Waals surface area contributed by atoms with Gasteiger partial charge >= 0.3 is 0 Å². The van der Waals surface area contributed by atoms with Crippen molar-refractivity contribution < 1.29 is 14.0 Å². The van der Waals surface area contributed by atoms with Crippen LogP contribution in [0.4, 0.5) is 0 Å². The van der Waals surface area contributed by atoms with Crippen LogP contribution in [0.1, 0.15) is 37.2 Å². The molecule has 6 nitrogen and oxygen atoms in total. The summed E-state index contributed by atoms with van der Waals surface area (Å²) < 4.78 is 5.53. The van der Waals surface area contributed by atoms with Crippen LogP contribution in [0, 0.1) is 12.8 Å². The maximum Gasteiger partial charge on any atom is 0.236 e. The maximum absolute atomic E-state index is 12.5. The van der Waals surface area contributed by atoms with Crippen LogP contribution in [0.5, 0.6) is 0 Å². The van der Waals surface area contributed by atoms with Crippen molar-refractivity contribution in [1.29, 1.82) is 0 Å². The maximum atomic E-state index is 12.5. The highest BCUT2D eigenvalue weighted by molar-refractivity contribution is 5.79. The molecule has 0 bridgehead atoms. The molecular weight excluding hydrogens is 318 g/mol. The van der Waals surface area contributed by atoms with E-state index in [4.69, 9.17) is 4.42 Å². The monoisotopic (exact) mass is 347 g/mol. The van der Waals surface area contributed by atoms with E-state index in [9.17, 15) is 9.59 Å². The van der Waals surface area contributed by atoms with Crippen LogP contribution in [-0.4, -0.2) is 66.3 Å². The van der Waals surface area contributed by atoms with E-state index in [-0.39, 0.29) is 11.8 Å². The zero-order chi connectivity index (χ0) is 17.8. The van der Waals surface area contributed by atoms with E-state index in [1.807, 2.05) is 31.0 Å². The number of carbonyl (C=O) groups is 2. The Morgan fingerprint density at radius 1 is 1.16 bits per heavy atom. The van der Waals surface area contributed by atoms with Crippen LogP contribution in [0.25, 0.3) is 0 Å². The summed E-state index contributed by atoms with van der Waals surface area (Å²) in [5, 5.41) is 0. The van der Waals surface area contributed by atoms with E-state index in [2.05, 4.69) is 4.90 Å². The zero-order valence-electron chi connectivity index (χ0n) is 15.4. The smallest absolute Gasteiger partial charge is 0.236 e. The molecule has 0 aliphatic carbocycles. The molecule has 3 heterocycles. The summed E-state index contributed by atoms with van der Waals surface area (Å²) in [6.45, 7) is 6.31. The van der Waals surface area contributed by atoms with Crippen LogP contribution in [0.3, 0.4) is 0 Å². The van der Waals surface area contributed by atoms with E-state index >= 15 is 0 Å². The van der Waals surface area contributed by atoms with Crippen molar-refractivity contribution in [3.8, 4) is 0 Å². The van der Waals surface area contributed by atoms with Gasteiger partial charge in [0.25, 0.3) is 0 Å². The minimum absolute atomic E-state index is 0.0957. The first-order valence-electron chi connectivity index (χ1n) is 9.33. The van der Waals surface area contributed by atoms with Gasteiger partial charge in [0, 0.05) is 26.1 Å². The molecule has 1 aromatic heterocycles. The normalized spacial score (nSPS) is 19.4. The number of hydrogen-bond donors (Lipinski definition) is 0. The molecule has 138 valence electrons. The van der Waals surface area contributed by atoms with Crippen LogP contribution in [0.15, 0.2) is 16.5 Å². The Balaban J connectivity index is 1.42. The van der Waals surface area contributed by atoms with Gasteiger partial charge in [-0.25, -0.2) is 0 Å². The lowest BCUT2D eigenvalue weighted by atomic mass is 9.95. The molecule has 3 rings (SSSR count). The number of aryl methyl sites for hydroxylation is 1. The molecule has 0 saturated carbocycles. The highest BCUT2D eigenvalue weighted by atomic mass is 16.3. The van der Waals surface area contributed by atoms with E-state index in [0.29, 0.717) is 19.0 Å². The standard InChI is InChI=1S/C19H29N3O3/c1-15-5-6-17(25-15)13-20(2)18(23)14-21-11-7-16(8-12-21)19(24)22-9-3-4-10-22/h5-6,16H,3-4,7-14H2,1-2H3. The second-order valence-electron chi connectivity index (χ2n) is 7.34. The molecule has 2 amide bonds. The molecule has 2 saturated heterocycles. The SMILES string of the molecule is Cc1ccc(CN(C)C(=O)CN2CCC(C(=O)N3CCCC3)CC2)o1. The Hall–Kier alpha value is -1.82. The number of amides is 2. The number of likely N-dealkylation sites (tertiary alicyclic amines) is 2. The van der Waals surface area contributed by atoms with Crippen LogP contribution in [0.2, 0.25) is 0 Å². The van der Waals surface area contributed by atoms with E-state index in [1.54, 1.807) is 4.90 Å². The first kappa shape index (κ1) is 18.0. The van der Waals surface area contributed by atoms with Gasteiger partial charge in [-0.15, -0.1) is 0 Å². The molecule has 2 aliphatic rings. The summed E-state index contributed by atoms with van der Waals surface area (Å²) in [5.74, 6) is 2.24. The minimum Gasteiger partial charge on any atom is -0.464 e. The van der Waals surface area contributed by atoms with E-state index in [0.717, 1.165) is 63.4 Å².